The number of carbonyl (C=O) groups is 3. The third kappa shape index (κ3) is 4.53. The highest BCUT2D eigenvalue weighted by atomic mass is 16.5. The Hall–Kier alpha value is -2.96. The summed E-state index contributed by atoms with van der Waals surface area (Å²) in [7, 11) is 2.49. The number of para-hydroxylation sites is 1. The lowest BCUT2D eigenvalue weighted by atomic mass is 9.98. The van der Waals surface area contributed by atoms with Crippen LogP contribution in [0.25, 0.3) is 10.9 Å². The van der Waals surface area contributed by atoms with E-state index in [1.165, 1.54) is 20.4 Å². The van der Waals surface area contributed by atoms with Crippen LogP contribution < -0.4 is 5.32 Å². The number of carbonyl (C=O) groups excluding carboxylic acids is 3. The summed E-state index contributed by atoms with van der Waals surface area (Å²) >= 11 is 0. The van der Waals surface area contributed by atoms with E-state index in [0.717, 1.165) is 10.9 Å². The average Bonchev–Trinajstić information content (AvgIpc) is 2.64. The average molecular weight is 344 g/mol. The topological polar surface area (TPSA) is 94.6 Å². The molecule has 0 spiro atoms. The van der Waals surface area contributed by atoms with Gasteiger partial charge < -0.3 is 14.8 Å². The van der Waals surface area contributed by atoms with Gasteiger partial charge in [0.05, 0.1) is 31.7 Å². The number of nitrogens with one attached hydrogen (secondary N) is 1. The van der Waals surface area contributed by atoms with Crippen molar-refractivity contribution >= 4 is 28.7 Å². The third-order valence-electron chi connectivity index (χ3n) is 3.88. The molecule has 2 rings (SSSR count). The van der Waals surface area contributed by atoms with Gasteiger partial charge in [-0.25, -0.2) is 4.79 Å². The second kappa shape index (κ2) is 8.23. The van der Waals surface area contributed by atoms with E-state index in [1.807, 2.05) is 24.3 Å². The number of rotatable bonds is 6. The largest absolute Gasteiger partial charge is 0.469 e. The molecule has 2 atom stereocenters. The van der Waals surface area contributed by atoms with Crippen LogP contribution in [0.1, 0.15) is 23.7 Å². The third-order valence-corrected chi connectivity index (χ3v) is 3.88. The molecule has 25 heavy (non-hydrogen) atoms. The molecule has 0 aliphatic carbocycles. The van der Waals surface area contributed by atoms with Crippen molar-refractivity contribution in [2.45, 2.75) is 19.4 Å². The van der Waals surface area contributed by atoms with Gasteiger partial charge in [0.25, 0.3) is 5.91 Å². The number of methoxy groups -OCH3 is 2. The maximum absolute atomic E-state index is 12.5. The highest BCUT2D eigenvalue weighted by Crippen LogP contribution is 2.15. The van der Waals surface area contributed by atoms with Crippen molar-refractivity contribution in [3.63, 3.8) is 0 Å². The Bertz CT molecular complexity index is 790. The highest BCUT2D eigenvalue weighted by molar-refractivity contribution is 5.99. The zero-order chi connectivity index (χ0) is 18.4. The molecular formula is C18H20N2O5. The first-order chi connectivity index (χ1) is 12.0. The molecule has 0 radical (unpaired) electrons. The number of benzene rings is 1. The highest BCUT2D eigenvalue weighted by Gasteiger charge is 2.30. The summed E-state index contributed by atoms with van der Waals surface area (Å²) in [5.41, 5.74) is 1.08. The van der Waals surface area contributed by atoms with Crippen LogP contribution in [0.15, 0.2) is 36.5 Å². The van der Waals surface area contributed by atoms with Crippen LogP contribution in [0, 0.1) is 5.92 Å². The van der Waals surface area contributed by atoms with Gasteiger partial charge in [-0.1, -0.05) is 25.1 Å². The second-order valence-electron chi connectivity index (χ2n) is 5.65. The van der Waals surface area contributed by atoms with Crippen molar-refractivity contribution < 1.29 is 23.9 Å². The van der Waals surface area contributed by atoms with Gasteiger partial charge in [-0.15, -0.1) is 0 Å². The van der Waals surface area contributed by atoms with E-state index < -0.39 is 29.8 Å². The van der Waals surface area contributed by atoms with E-state index in [-0.39, 0.29) is 6.42 Å². The van der Waals surface area contributed by atoms with Gasteiger partial charge in [-0.3, -0.25) is 14.6 Å². The first kappa shape index (κ1) is 18.4. The van der Waals surface area contributed by atoms with Gasteiger partial charge >= 0.3 is 11.9 Å². The van der Waals surface area contributed by atoms with E-state index in [0.29, 0.717) is 5.56 Å². The van der Waals surface area contributed by atoms with Gasteiger partial charge in [-0.2, -0.15) is 0 Å². The first-order valence-corrected chi connectivity index (χ1v) is 7.76. The summed E-state index contributed by atoms with van der Waals surface area (Å²) in [5.74, 6) is -2.05. The number of esters is 2. The van der Waals surface area contributed by atoms with Crippen LogP contribution in [0.5, 0.6) is 0 Å². The predicted octanol–water partition coefficient (Wildman–Crippen LogP) is 1.71. The van der Waals surface area contributed by atoms with E-state index in [1.54, 1.807) is 13.0 Å². The molecule has 0 fully saturated rings. The lowest BCUT2D eigenvalue weighted by Gasteiger charge is -2.22. The summed E-state index contributed by atoms with van der Waals surface area (Å²) in [4.78, 5) is 40.2. The molecule has 0 saturated heterocycles. The minimum atomic E-state index is -0.969. The lowest BCUT2D eigenvalue weighted by molar-refractivity contribution is -0.146. The quantitative estimate of drug-likeness (QED) is 0.802. The molecular weight excluding hydrogens is 324 g/mol. The SMILES string of the molecule is COC(=O)C[C@@H](C)[C@@H](NC(=O)c1cnc2ccccc2c1)C(=O)OC. The molecule has 1 aromatic carbocycles. The first-order valence-electron chi connectivity index (χ1n) is 7.76. The van der Waals surface area contributed by atoms with Crippen LogP contribution >= 0.6 is 0 Å². The fourth-order valence-electron chi connectivity index (χ4n) is 2.44. The van der Waals surface area contributed by atoms with Crippen molar-refractivity contribution in [1.82, 2.24) is 10.3 Å². The molecule has 7 nitrogen and oxygen atoms in total. The number of ether oxygens (including phenoxy) is 2. The van der Waals surface area contributed by atoms with Crippen molar-refractivity contribution in [2.24, 2.45) is 5.92 Å². The second-order valence-corrected chi connectivity index (χ2v) is 5.65. The predicted molar refractivity (Wildman–Crippen MR) is 90.8 cm³/mol. The van der Waals surface area contributed by atoms with Crippen LogP contribution in [0.3, 0.4) is 0 Å². The Kier molecular flexibility index (Phi) is 6.05. The molecule has 1 N–H and O–H groups in total. The summed E-state index contributed by atoms with van der Waals surface area (Å²) in [6, 6.07) is 8.11. The minimum Gasteiger partial charge on any atom is -0.469 e. The Morgan fingerprint density at radius 3 is 2.56 bits per heavy atom. The zero-order valence-electron chi connectivity index (χ0n) is 14.3. The monoisotopic (exact) mass is 344 g/mol. The smallest absolute Gasteiger partial charge is 0.328 e. The molecule has 1 aromatic heterocycles. The molecule has 0 unspecified atom stereocenters. The Morgan fingerprint density at radius 2 is 1.88 bits per heavy atom. The maximum atomic E-state index is 12.5. The van der Waals surface area contributed by atoms with E-state index in [9.17, 15) is 14.4 Å². The fraction of sp³-hybridized carbons (Fsp3) is 0.333. The number of fused-ring (bicyclic) bond motifs is 1. The normalized spacial score (nSPS) is 12.9. The maximum Gasteiger partial charge on any atom is 0.328 e. The summed E-state index contributed by atoms with van der Waals surface area (Å²) in [6.45, 7) is 1.66. The zero-order valence-corrected chi connectivity index (χ0v) is 14.3. The van der Waals surface area contributed by atoms with Gasteiger partial charge in [0.1, 0.15) is 6.04 Å². The van der Waals surface area contributed by atoms with Crippen molar-refractivity contribution in [3.8, 4) is 0 Å². The Balaban J connectivity index is 2.19. The van der Waals surface area contributed by atoms with Crippen LogP contribution in [0.4, 0.5) is 0 Å². The van der Waals surface area contributed by atoms with Crippen molar-refractivity contribution in [2.75, 3.05) is 14.2 Å². The standard InChI is InChI=1S/C18H20N2O5/c1-11(8-15(21)24-2)16(18(23)25-3)20-17(22)13-9-12-6-4-5-7-14(12)19-10-13/h4-7,9-11,16H,8H2,1-3H3,(H,20,22)/t11-,16-/m1/s1. The van der Waals surface area contributed by atoms with Crippen LogP contribution in [0.2, 0.25) is 0 Å². The van der Waals surface area contributed by atoms with Crippen LogP contribution in [-0.4, -0.2) is 43.1 Å². The Morgan fingerprint density at radius 1 is 1.16 bits per heavy atom. The summed E-state index contributed by atoms with van der Waals surface area (Å²) < 4.78 is 9.34. The summed E-state index contributed by atoms with van der Waals surface area (Å²) in [5, 5.41) is 3.43. The Labute approximate surface area is 145 Å². The molecule has 0 aliphatic heterocycles. The van der Waals surface area contributed by atoms with Gasteiger partial charge in [0.15, 0.2) is 0 Å². The van der Waals surface area contributed by atoms with Crippen LogP contribution in [-0.2, 0) is 19.1 Å². The van der Waals surface area contributed by atoms with Gasteiger partial charge in [0.2, 0.25) is 0 Å². The molecule has 7 heteroatoms. The molecule has 1 amide bonds. The van der Waals surface area contributed by atoms with E-state index >= 15 is 0 Å². The van der Waals surface area contributed by atoms with Crippen molar-refractivity contribution in [3.05, 3.63) is 42.1 Å². The number of hydrogen-bond acceptors (Lipinski definition) is 6. The van der Waals surface area contributed by atoms with Crippen molar-refractivity contribution in [1.29, 1.82) is 0 Å². The van der Waals surface area contributed by atoms with Gasteiger partial charge in [0, 0.05) is 11.6 Å². The molecule has 0 saturated carbocycles. The molecule has 1 heterocycles. The number of aromatic nitrogens is 1. The lowest BCUT2D eigenvalue weighted by Crippen LogP contribution is -2.46. The van der Waals surface area contributed by atoms with Gasteiger partial charge in [-0.05, 0) is 18.1 Å². The minimum absolute atomic E-state index is 0.0213. The molecule has 132 valence electrons. The molecule has 2 aromatic rings. The molecule has 0 bridgehead atoms. The number of amides is 1. The molecule has 0 aliphatic rings. The fourth-order valence-corrected chi connectivity index (χ4v) is 2.44. The van der Waals surface area contributed by atoms with E-state index in [4.69, 9.17) is 4.74 Å². The summed E-state index contributed by atoms with van der Waals surface area (Å²) in [6.07, 6.45) is 1.42. The number of pyridine rings is 1. The number of hydrogen-bond donors (Lipinski definition) is 1. The number of nitrogens with zero attached hydrogens (tertiary/aromatic N) is 1. The van der Waals surface area contributed by atoms with E-state index in [2.05, 4.69) is 15.0 Å².